The molecule has 0 aliphatic heterocycles. The maximum absolute atomic E-state index is 5.98. The summed E-state index contributed by atoms with van der Waals surface area (Å²) in [7, 11) is 0. The molecule has 4 heteroatoms. The van der Waals surface area contributed by atoms with Crippen LogP contribution in [0.25, 0.3) is 10.9 Å². The molecular weight excluding hydrogens is 207 g/mol. The topological polar surface area (TPSA) is 38.9 Å². The van der Waals surface area contributed by atoms with Gasteiger partial charge in [0.05, 0.1) is 16.2 Å². The van der Waals surface area contributed by atoms with Crippen LogP contribution in [0.1, 0.15) is 0 Å². The third kappa shape index (κ3) is 1.32. The fraction of sp³-hybridized carbons (Fsp3) is 0. The second-order valence-electron chi connectivity index (χ2n) is 2.65. The van der Waals surface area contributed by atoms with E-state index in [1.54, 1.807) is 0 Å². The predicted octanol–water partition coefficient (Wildman–Crippen LogP) is 3.12. The van der Waals surface area contributed by atoms with E-state index in [0.29, 0.717) is 10.7 Å². The molecule has 2 N–H and O–H groups in total. The maximum Gasteiger partial charge on any atom is 0.154 e. The minimum Gasteiger partial charge on any atom is -0.395 e. The van der Waals surface area contributed by atoms with Crippen LogP contribution in [0, 0.1) is 0 Å². The molecule has 2 rings (SSSR count). The Hall–Kier alpha value is -0.990. The third-order valence-corrected chi connectivity index (χ3v) is 2.51. The highest BCUT2D eigenvalue weighted by atomic mass is 35.5. The van der Waals surface area contributed by atoms with Crippen molar-refractivity contribution < 1.29 is 0 Å². The Bertz CT molecular complexity index is 468. The first-order chi connectivity index (χ1) is 6.20. The highest BCUT2D eigenvalue weighted by Gasteiger charge is 2.07. The Morgan fingerprint density at radius 3 is 2.62 bits per heavy atom. The molecule has 0 aliphatic rings. The number of pyridine rings is 1. The predicted molar refractivity (Wildman–Crippen MR) is 56.2 cm³/mol. The number of hydrogen-bond acceptors (Lipinski definition) is 2. The third-order valence-electron chi connectivity index (χ3n) is 1.82. The van der Waals surface area contributed by atoms with Crippen molar-refractivity contribution in [3.05, 3.63) is 34.4 Å². The molecule has 13 heavy (non-hydrogen) atoms. The summed E-state index contributed by atoms with van der Waals surface area (Å²) in [6.07, 6.45) is 0. The smallest absolute Gasteiger partial charge is 0.154 e. The molecule has 2 nitrogen and oxygen atoms in total. The van der Waals surface area contributed by atoms with E-state index in [2.05, 4.69) is 4.98 Å². The quantitative estimate of drug-likeness (QED) is 0.682. The average Bonchev–Trinajstić information content (AvgIpc) is 2.15. The first-order valence-electron chi connectivity index (χ1n) is 3.69. The van der Waals surface area contributed by atoms with Gasteiger partial charge in [-0.3, -0.25) is 0 Å². The molecule has 0 saturated heterocycles. The van der Waals surface area contributed by atoms with Crippen molar-refractivity contribution in [2.75, 3.05) is 5.73 Å². The van der Waals surface area contributed by atoms with Gasteiger partial charge in [-0.15, -0.1) is 0 Å². The Morgan fingerprint density at radius 2 is 1.85 bits per heavy atom. The Balaban J connectivity index is 2.94. The summed E-state index contributed by atoms with van der Waals surface area (Å²) in [5.41, 5.74) is 6.71. The summed E-state index contributed by atoms with van der Waals surface area (Å²) < 4.78 is 0. The monoisotopic (exact) mass is 212 g/mol. The molecule has 1 aromatic carbocycles. The van der Waals surface area contributed by atoms with E-state index in [9.17, 15) is 0 Å². The molecule has 0 spiro atoms. The fourth-order valence-electron chi connectivity index (χ4n) is 1.16. The van der Waals surface area contributed by atoms with Gasteiger partial charge in [0.25, 0.3) is 0 Å². The number of hydrogen-bond donors (Lipinski definition) is 1. The van der Waals surface area contributed by atoms with Crippen LogP contribution < -0.4 is 5.73 Å². The second-order valence-corrected chi connectivity index (χ2v) is 3.38. The van der Waals surface area contributed by atoms with Gasteiger partial charge < -0.3 is 5.73 Å². The molecule has 66 valence electrons. The zero-order valence-corrected chi connectivity index (χ0v) is 8.10. The van der Waals surface area contributed by atoms with Gasteiger partial charge in [0.15, 0.2) is 5.15 Å². The molecule has 0 amide bonds. The number of aromatic nitrogens is 1. The molecular formula is C9H6Cl2N2. The molecule has 2 aromatic rings. The SMILES string of the molecule is Nc1c(Cl)nc2ccccc2c1Cl. The van der Waals surface area contributed by atoms with Crippen molar-refractivity contribution in [2.45, 2.75) is 0 Å². The second kappa shape index (κ2) is 3.05. The van der Waals surface area contributed by atoms with Crippen molar-refractivity contribution in [1.29, 1.82) is 0 Å². The highest BCUT2D eigenvalue weighted by molar-refractivity contribution is 6.41. The zero-order chi connectivity index (χ0) is 9.42. The lowest BCUT2D eigenvalue weighted by Gasteiger charge is -2.04. The largest absolute Gasteiger partial charge is 0.395 e. The van der Waals surface area contributed by atoms with Crippen molar-refractivity contribution in [2.24, 2.45) is 0 Å². The van der Waals surface area contributed by atoms with Crippen molar-refractivity contribution in [3.8, 4) is 0 Å². The van der Waals surface area contributed by atoms with E-state index in [1.165, 1.54) is 0 Å². The molecule has 0 unspecified atom stereocenters. The van der Waals surface area contributed by atoms with Crippen LogP contribution in [0.5, 0.6) is 0 Å². The van der Waals surface area contributed by atoms with Gasteiger partial charge in [0.2, 0.25) is 0 Å². The van der Waals surface area contributed by atoms with Crippen LogP contribution in [-0.4, -0.2) is 4.98 Å². The standard InChI is InChI=1S/C9H6Cl2N2/c10-7-5-3-1-2-4-6(5)13-9(11)8(7)12/h1-4H,12H2. The van der Waals surface area contributed by atoms with E-state index in [4.69, 9.17) is 28.9 Å². The van der Waals surface area contributed by atoms with Crippen LogP contribution in [0.4, 0.5) is 5.69 Å². The number of nitrogens with zero attached hydrogens (tertiary/aromatic N) is 1. The lowest BCUT2D eigenvalue weighted by Crippen LogP contribution is -1.92. The number of anilines is 1. The summed E-state index contributed by atoms with van der Waals surface area (Å²) >= 11 is 11.8. The Kier molecular flexibility index (Phi) is 2.02. The van der Waals surface area contributed by atoms with E-state index in [-0.39, 0.29) is 5.15 Å². The lowest BCUT2D eigenvalue weighted by molar-refractivity contribution is 1.41. The summed E-state index contributed by atoms with van der Waals surface area (Å²) in [5, 5.41) is 1.55. The van der Waals surface area contributed by atoms with Crippen LogP contribution in [0.15, 0.2) is 24.3 Å². The summed E-state index contributed by atoms with van der Waals surface area (Å²) in [6, 6.07) is 7.45. The number of fused-ring (bicyclic) bond motifs is 1. The molecule has 0 fully saturated rings. The van der Waals surface area contributed by atoms with E-state index < -0.39 is 0 Å². The molecule has 0 atom stereocenters. The van der Waals surface area contributed by atoms with Crippen molar-refractivity contribution >= 4 is 39.8 Å². The van der Waals surface area contributed by atoms with E-state index >= 15 is 0 Å². The van der Waals surface area contributed by atoms with Crippen LogP contribution >= 0.6 is 23.2 Å². The van der Waals surface area contributed by atoms with E-state index in [1.807, 2.05) is 24.3 Å². The molecule has 1 heterocycles. The number of nitrogens with two attached hydrogens (primary N) is 1. The number of halogens is 2. The van der Waals surface area contributed by atoms with Gasteiger partial charge in [-0.2, -0.15) is 0 Å². The summed E-state index contributed by atoms with van der Waals surface area (Å²) in [6.45, 7) is 0. The molecule has 0 saturated carbocycles. The van der Waals surface area contributed by atoms with E-state index in [0.717, 1.165) is 10.9 Å². The first-order valence-corrected chi connectivity index (χ1v) is 4.45. The number of rotatable bonds is 0. The van der Waals surface area contributed by atoms with Crippen molar-refractivity contribution in [1.82, 2.24) is 4.98 Å². The minimum absolute atomic E-state index is 0.253. The Labute approximate surface area is 85.3 Å². The maximum atomic E-state index is 5.98. The molecule has 1 aromatic heterocycles. The molecule has 0 aliphatic carbocycles. The summed E-state index contributed by atoms with van der Waals surface area (Å²) in [4.78, 5) is 4.09. The average molecular weight is 213 g/mol. The Morgan fingerprint density at radius 1 is 1.15 bits per heavy atom. The molecule has 0 bridgehead atoms. The minimum atomic E-state index is 0.253. The highest BCUT2D eigenvalue weighted by Crippen LogP contribution is 2.32. The van der Waals surface area contributed by atoms with Gasteiger partial charge >= 0.3 is 0 Å². The normalized spacial score (nSPS) is 10.6. The van der Waals surface area contributed by atoms with Gasteiger partial charge in [-0.25, -0.2) is 4.98 Å². The van der Waals surface area contributed by atoms with Crippen LogP contribution in [0.2, 0.25) is 10.2 Å². The first kappa shape index (κ1) is 8.60. The van der Waals surface area contributed by atoms with Gasteiger partial charge in [0, 0.05) is 5.39 Å². The van der Waals surface area contributed by atoms with Gasteiger partial charge in [-0.1, -0.05) is 41.4 Å². The van der Waals surface area contributed by atoms with Crippen molar-refractivity contribution in [3.63, 3.8) is 0 Å². The van der Waals surface area contributed by atoms with Crippen LogP contribution in [0.3, 0.4) is 0 Å². The lowest BCUT2D eigenvalue weighted by atomic mass is 10.2. The number of nitrogen functional groups attached to an aromatic ring is 1. The van der Waals surface area contributed by atoms with Crippen LogP contribution in [-0.2, 0) is 0 Å². The zero-order valence-electron chi connectivity index (χ0n) is 6.59. The number of benzene rings is 1. The van der Waals surface area contributed by atoms with Gasteiger partial charge in [0.1, 0.15) is 0 Å². The summed E-state index contributed by atoms with van der Waals surface area (Å²) in [5.74, 6) is 0. The number of para-hydroxylation sites is 1. The van der Waals surface area contributed by atoms with Gasteiger partial charge in [-0.05, 0) is 6.07 Å². The fourth-order valence-corrected chi connectivity index (χ4v) is 1.64. The molecule has 0 radical (unpaired) electrons.